The second-order valence-corrected chi connectivity index (χ2v) is 8.94. The highest BCUT2D eigenvalue weighted by Gasteiger charge is 2.33. The van der Waals surface area contributed by atoms with Crippen molar-refractivity contribution >= 4 is 0 Å². The normalized spacial score (nSPS) is 25.2. The molecular weight excluding hydrogens is 336 g/mol. The minimum Gasteiger partial charge on any atom is -0.298 e. The van der Waals surface area contributed by atoms with Crippen molar-refractivity contribution in [3.05, 3.63) is 5.82 Å². The molecule has 1 aromatic heterocycles. The standard InChI is InChI=1S/C21H38N6/c1-2-3-13-20(21-22-23-24-27(21)19-11-7-8-12-19)26-16-14-25(15-17-26)18-9-5-4-6-10-18/h18-20H,2-17H2,1H3/t20-/m0/s1. The second-order valence-electron chi connectivity index (χ2n) is 8.94. The number of rotatable bonds is 7. The van der Waals surface area contributed by atoms with Gasteiger partial charge in [0.15, 0.2) is 5.82 Å². The van der Waals surface area contributed by atoms with Crippen LogP contribution in [0.5, 0.6) is 0 Å². The van der Waals surface area contributed by atoms with Crippen LogP contribution in [0.1, 0.15) is 102 Å². The first kappa shape index (κ1) is 19.3. The van der Waals surface area contributed by atoms with Crippen molar-refractivity contribution in [3.8, 4) is 0 Å². The quantitative estimate of drug-likeness (QED) is 0.723. The third kappa shape index (κ3) is 4.53. The lowest BCUT2D eigenvalue weighted by Crippen LogP contribution is -2.51. The maximum atomic E-state index is 4.54. The van der Waals surface area contributed by atoms with Crippen LogP contribution < -0.4 is 0 Å². The topological polar surface area (TPSA) is 50.1 Å². The van der Waals surface area contributed by atoms with Crippen molar-refractivity contribution in [2.45, 2.75) is 102 Å². The fraction of sp³-hybridized carbons (Fsp3) is 0.952. The fourth-order valence-corrected chi connectivity index (χ4v) is 5.56. The number of hydrogen-bond donors (Lipinski definition) is 0. The fourth-order valence-electron chi connectivity index (χ4n) is 5.56. The van der Waals surface area contributed by atoms with Crippen molar-refractivity contribution < 1.29 is 0 Å². The summed E-state index contributed by atoms with van der Waals surface area (Å²) in [6.07, 6.45) is 16.0. The van der Waals surface area contributed by atoms with E-state index in [1.54, 1.807) is 0 Å². The zero-order chi connectivity index (χ0) is 18.5. The van der Waals surface area contributed by atoms with Crippen LogP contribution in [0, 0.1) is 0 Å². The Balaban J connectivity index is 1.43. The van der Waals surface area contributed by atoms with Crippen molar-refractivity contribution in [1.82, 2.24) is 30.0 Å². The lowest BCUT2D eigenvalue weighted by Gasteiger charge is -2.43. The maximum Gasteiger partial charge on any atom is 0.168 e. The summed E-state index contributed by atoms with van der Waals surface area (Å²) in [4.78, 5) is 5.46. The summed E-state index contributed by atoms with van der Waals surface area (Å²) in [5.74, 6) is 1.14. The summed E-state index contributed by atoms with van der Waals surface area (Å²) in [5, 5.41) is 13.1. The van der Waals surface area contributed by atoms with Crippen LogP contribution in [0.4, 0.5) is 0 Å². The lowest BCUT2D eigenvalue weighted by molar-refractivity contribution is 0.0491. The predicted octanol–water partition coefficient (Wildman–Crippen LogP) is 3.97. The van der Waals surface area contributed by atoms with Gasteiger partial charge in [0.25, 0.3) is 0 Å². The highest BCUT2D eigenvalue weighted by molar-refractivity contribution is 4.98. The molecule has 0 bridgehead atoms. The number of nitrogens with zero attached hydrogens (tertiary/aromatic N) is 6. The molecular formula is C21H38N6. The third-order valence-corrected chi connectivity index (χ3v) is 7.20. The summed E-state index contributed by atoms with van der Waals surface area (Å²) < 4.78 is 2.20. The van der Waals surface area contributed by atoms with E-state index in [-0.39, 0.29) is 0 Å². The number of unbranched alkanes of at least 4 members (excludes halogenated alkanes) is 1. The molecule has 2 heterocycles. The molecule has 1 aromatic rings. The smallest absolute Gasteiger partial charge is 0.168 e. The lowest BCUT2D eigenvalue weighted by atomic mass is 9.93. The Labute approximate surface area is 164 Å². The van der Waals surface area contributed by atoms with Crippen LogP contribution in [-0.2, 0) is 0 Å². The molecule has 1 aliphatic heterocycles. The molecule has 0 spiro atoms. The van der Waals surface area contributed by atoms with Gasteiger partial charge in [0.1, 0.15) is 0 Å². The molecule has 6 nitrogen and oxygen atoms in total. The van der Waals surface area contributed by atoms with Gasteiger partial charge in [-0.1, -0.05) is 51.9 Å². The first-order valence-corrected chi connectivity index (χ1v) is 11.6. The number of aromatic nitrogens is 4. The molecule has 0 radical (unpaired) electrons. The van der Waals surface area contributed by atoms with E-state index in [2.05, 4.69) is 36.9 Å². The van der Waals surface area contributed by atoms with E-state index in [4.69, 9.17) is 0 Å². The largest absolute Gasteiger partial charge is 0.298 e. The average molecular weight is 375 g/mol. The van der Waals surface area contributed by atoms with Gasteiger partial charge in [0, 0.05) is 32.2 Å². The summed E-state index contributed by atoms with van der Waals surface area (Å²) in [6.45, 7) is 7.07. The third-order valence-electron chi connectivity index (χ3n) is 7.20. The molecule has 1 saturated heterocycles. The molecule has 3 aliphatic rings. The number of hydrogen-bond acceptors (Lipinski definition) is 5. The molecule has 0 N–H and O–H groups in total. The van der Waals surface area contributed by atoms with Gasteiger partial charge in [-0.05, 0) is 42.5 Å². The predicted molar refractivity (Wildman–Crippen MR) is 108 cm³/mol. The molecule has 27 heavy (non-hydrogen) atoms. The minimum atomic E-state index is 0.397. The number of tetrazole rings is 1. The van der Waals surface area contributed by atoms with E-state index < -0.39 is 0 Å². The Bertz CT molecular complexity index is 553. The molecule has 6 heteroatoms. The van der Waals surface area contributed by atoms with E-state index in [1.165, 1.54) is 103 Å². The van der Waals surface area contributed by atoms with Crippen LogP contribution in [0.25, 0.3) is 0 Å². The van der Waals surface area contributed by atoms with E-state index >= 15 is 0 Å². The van der Waals surface area contributed by atoms with Crippen molar-refractivity contribution in [3.63, 3.8) is 0 Å². The van der Waals surface area contributed by atoms with Gasteiger partial charge in [-0.3, -0.25) is 9.80 Å². The number of piperazine rings is 1. The monoisotopic (exact) mass is 374 g/mol. The first-order chi connectivity index (χ1) is 13.4. The zero-order valence-electron chi connectivity index (χ0n) is 17.2. The van der Waals surface area contributed by atoms with Gasteiger partial charge in [-0.15, -0.1) is 5.10 Å². The Morgan fingerprint density at radius 2 is 1.56 bits per heavy atom. The van der Waals surface area contributed by atoms with Gasteiger partial charge < -0.3 is 0 Å². The molecule has 2 saturated carbocycles. The van der Waals surface area contributed by atoms with Gasteiger partial charge in [0.05, 0.1) is 12.1 Å². The molecule has 4 rings (SSSR count). The first-order valence-electron chi connectivity index (χ1n) is 11.6. The molecule has 0 amide bonds. The van der Waals surface area contributed by atoms with Crippen molar-refractivity contribution in [2.75, 3.05) is 26.2 Å². The van der Waals surface area contributed by atoms with Gasteiger partial charge in [-0.2, -0.15) is 0 Å². The maximum absolute atomic E-state index is 4.54. The Morgan fingerprint density at radius 3 is 2.26 bits per heavy atom. The molecule has 0 aromatic carbocycles. The Morgan fingerprint density at radius 1 is 0.889 bits per heavy atom. The summed E-state index contributed by atoms with van der Waals surface area (Å²) in [7, 11) is 0. The summed E-state index contributed by atoms with van der Waals surface area (Å²) in [6, 6.07) is 1.77. The van der Waals surface area contributed by atoms with E-state index in [9.17, 15) is 0 Å². The van der Waals surface area contributed by atoms with E-state index in [1.807, 2.05) is 0 Å². The molecule has 2 aliphatic carbocycles. The van der Waals surface area contributed by atoms with Crippen molar-refractivity contribution in [2.24, 2.45) is 0 Å². The summed E-state index contributed by atoms with van der Waals surface area (Å²) in [5.41, 5.74) is 0. The second kappa shape index (κ2) is 9.46. The highest BCUT2D eigenvalue weighted by Crippen LogP contribution is 2.34. The van der Waals surface area contributed by atoms with Gasteiger partial charge in [-0.25, -0.2) is 4.68 Å². The van der Waals surface area contributed by atoms with Crippen LogP contribution in [-0.4, -0.2) is 62.2 Å². The molecule has 0 unspecified atom stereocenters. The average Bonchev–Trinajstić information content (AvgIpc) is 3.41. The van der Waals surface area contributed by atoms with Gasteiger partial charge in [0.2, 0.25) is 0 Å². The molecule has 152 valence electrons. The Kier molecular flexibility index (Phi) is 6.77. The molecule has 3 fully saturated rings. The van der Waals surface area contributed by atoms with Gasteiger partial charge >= 0.3 is 0 Å². The van der Waals surface area contributed by atoms with Crippen LogP contribution in [0.15, 0.2) is 0 Å². The SMILES string of the molecule is CCCC[C@@H](c1nnnn1C1CCCC1)N1CCN(C2CCCCC2)CC1. The van der Waals surface area contributed by atoms with Crippen molar-refractivity contribution in [1.29, 1.82) is 0 Å². The van der Waals surface area contributed by atoms with E-state index in [0.29, 0.717) is 12.1 Å². The molecule has 1 atom stereocenters. The van der Waals surface area contributed by atoms with Crippen LogP contribution in [0.3, 0.4) is 0 Å². The zero-order valence-corrected chi connectivity index (χ0v) is 17.2. The van der Waals surface area contributed by atoms with Crippen LogP contribution >= 0.6 is 0 Å². The van der Waals surface area contributed by atoms with E-state index in [0.717, 1.165) is 11.9 Å². The van der Waals surface area contributed by atoms with Crippen LogP contribution in [0.2, 0.25) is 0 Å². The summed E-state index contributed by atoms with van der Waals surface area (Å²) >= 11 is 0. The minimum absolute atomic E-state index is 0.397. The highest BCUT2D eigenvalue weighted by atomic mass is 15.6. The Hall–Kier alpha value is -1.01.